The molecule has 0 bridgehead atoms. The van der Waals surface area contributed by atoms with E-state index in [1.807, 2.05) is 6.92 Å². The zero-order chi connectivity index (χ0) is 9.56. The van der Waals surface area contributed by atoms with Gasteiger partial charge in [-0.05, 0) is 20.8 Å². The van der Waals surface area contributed by atoms with Gasteiger partial charge in [-0.2, -0.15) is 0 Å². The summed E-state index contributed by atoms with van der Waals surface area (Å²) < 4.78 is 4.98. The Morgan fingerprint density at radius 2 is 1.92 bits per heavy atom. The molecule has 0 saturated heterocycles. The summed E-state index contributed by atoms with van der Waals surface area (Å²) in [6.07, 6.45) is -0.260. The standard InChI is InChI=1S/C9H21NO2/c1-8(2)10(5-6-12-4)7-9(3)11/h8-9,11H,5-7H2,1-4H3. The molecule has 1 atom stereocenters. The Bertz CT molecular complexity index is 105. The van der Waals surface area contributed by atoms with Crippen molar-refractivity contribution in [2.24, 2.45) is 0 Å². The Kier molecular flexibility index (Phi) is 6.34. The summed E-state index contributed by atoms with van der Waals surface area (Å²) >= 11 is 0. The largest absolute Gasteiger partial charge is 0.392 e. The van der Waals surface area contributed by atoms with E-state index in [4.69, 9.17) is 4.74 Å². The smallest absolute Gasteiger partial charge is 0.0639 e. The molecule has 3 nitrogen and oxygen atoms in total. The summed E-state index contributed by atoms with van der Waals surface area (Å²) in [7, 11) is 1.70. The predicted octanol–water partition coefficient (Wildman–Crippen LogP) is 0.724. The first-order valence-electron chi connectivity index (χ1n) is 4.49. The van der Waals surface area contributed by atoms with Gasteiger partial charge < -0.3 is 9.84 Å². The number of rotatable bonds is 6. The molecule has 0 aliphatic heterocycles. The van der Waals surface area contributed by atoms with Crippen LogP contribution >= 0.6 is 0 Å². The summed E-state index contributed by atoms with van der Waals surface area (Å²) in [5.74, 6) is 0. The third-order valence-corrected chi connectivity index (χ3v) is 1.81. The Morgan fingerprint density at radius 1 is 1.33 bits per heavy atom. The Morgan fingerprint density at radius 3 is 2.25 bits per heavy atom. The molecular weight excluding hydrogens is 154 g/mol. The lowest BCUT2D eigenvalue weighted by atomic mass is 10.2. The molecular formula is C9H21NO2. The highest BCUT2D eigenvalue weighted by Crippen LogP contribution is 1.99. The molecule has 0 spiro atoms. The minimum Gasteiger partial charge on any atom is -0.392 e. The molecule has 0 radical (unpaired) electrons. The molecule has 12 heavy (non-hydrogen) atoms. The zero-order valence-electron chi connectivity index (χ0n) is 8.58. The summed E-state index contributed by atoms with van der Waals surface area (Å²) in [5.41, 5.74) is 0. The zero-order valence-corrected chi connectivity index (χ0v) is 8.58. The maximum Gasteiger partial charge on any atom is 0.0639 e. The van der Waals surface area contributed by atoms with Crippen molar-refractivity contribution in [3.05, 3.63) is 0 Å². The average molecular weight is 175 g/mol. The van der Waals surface area contributed by atoms with E-state index in [0.717, 1.165) is 19.7 Å². The van der Waals surface area contributed by atoms with Gasteiger partial charge in [-0.1, -0.05) is 0 Å². The van der Waals surface area contributed by atoms with Gasteiger partial charge in [-0.15, -0.1) is 0 Å². The van der Waals surface area contributed by atoms with E-state index in [1.54, 1.807) is 7.11 Å². The summed E-state index contributed by atoms with van der Waals surface area (Å²) in [6.45, 7) is 8.39. The van der Waals surface area contributed by atoms with E-state index >= 15 is 0 Å². The predicted molar refractivity (Wildman–Crippen MR) is 50.3 cm³/mol. The quantitative estimate of drug-likeness (QED) is 0.646. The highest BCUT2D eigenvalue weighted by Gasteiger charge is 2.10. The molecule has 0 aromatic carbocycles. The lowest BCUT2D eigenvalue weighted by Gasteiger charge is -2.27. The van der Waals surface area contributed by atoms with Gasteiger partial charge >= 0.3 is 0 Å². The van der Waals surface area contributed by atoms with E-state index in [9.17, 15) is 5.11 Å². The number of aliphatic hydroxyl groups is 1. The van der Waals surface area contributed by atoms with Crippen LogP contribution in [0, 0.1) is 0 Å². The van der Waals surface area contributed by atoms with Crippen molar-refractivity contribution < 1.29 is 9.84 Å². The van der Waals surface area contributed by atoms with E-state index in [-0.39, 0.29) is 6.10 Å². The van der Waals surface area contributed by atoms with Crippen molar-refractivity contribution in [3.63, 3.8) is 0 Å². The lowest BCUT2D eigenvalue weighted by Crippen LogP contribution is -2.38. The van der Waals surface area contributed by atoms with Crippen LogP contribution in [0.15, 0.2) is 0 Å². The lowest BCUT2D eigenvalue weighted by molar-refractivity contribution is 0.0805. The van der Waals surface area contributed by atoms with Gasteiger partial charge in [0, 0.05) is 26.2 Å². The van der Waals surface area contributed by atoms with Gasteiger partial charge in [-0.3, -0.25) is 4.90 Å². The molecule has 1 unspecified atom stereocenters. The monoisotopic (exact) mass is 175 g/mol. The molecule has 3 heteroatoms. The number of aliphatic hydroxyl groups excluding tert-OH is 1. The molecule has 1 N–H and O–H groups in total. The Balaban J connectivity index is 3.70. The minimum absolute atomic E-state index is 0.260. The first-order chi connectivity index (χ1) is 5.57. The topological polar surface area (TPSA) is 32.7 Å². The van der Waals surface area contributed by atoms with Gasteiger partial charge in [0.05, 0.1) is 12.7 Å². The van der Waals surface area contributed by atoms with Crippen LogP contribution in [0.1, 0.15) is 20.8 Å². The van der Waals surface area contributed by atoms with Gasteiger partial charge in [-0.25, -0.2) is 0 Å². The maximum atomic E-state index is 9.19. The Labute approximate surface area is 75.3 Å². The summed E-state index contributed by atoms with van der Waals surface area (Å²) in [6, 6.07) is 0.467. The van der Waals surface area contributed by atoms with Crippen LogP contribution in [0.4, 0.5) is 0 Å². The first kappa shape index (κ1) is 11.9. The number of hydrogen-bond acceptors (Lipinski definition) is 3. The Hall–Kier alpha value is -0.120. The molecule has 0 aliphatic rings. The fourth-order valence-electron chi connectivity index (χ4n) is 1.11. The fourth-order valence-corrected chi connectivity index (χ4v) is 1.11. The van der Waals surface area contributed by atoms with Crippen LogP contribution in [-0.4, -0.2) is 49.0 Å². The molecule has 74 valence electrons. The molecule has 0 aromatic heterocycles. The van der Waals surface area contributed by atoms with E-state index < -0.39 is 0 Å². The average Bonchev–Trinajstić information content (AvgIpc) is 1.96. The molecule has 0 aromatic rings. The van der Waals surface area contributed by atoms with Gasteiger partial charge in [0.2, 0.25) is 0 Å². The minimum atomic E-state index is -0.260. The molecule has 0 heterocycles. The van der Waals surface area contributed by atoms with Crippen LogP contribution in [0.3, 0.4) is 0 Å². The molecule has 0 aliphatic carbocycles. The van der Waals surface area contributed by atoms with Crippen molar-refractivity contribution in [2.45, 2.75) is 32.9 Å². The number of nitrogens with zero attached hydrogens (tertiary/aromatic N) is 1. The third kappa shape index (κ3) is 5.52. The summed E-state index contributed by atoms with van der Waals surface area (Å²) in [5, 5.41) is 9.19. The highest BCUT2D eigenvalue weighted by atomic mass is 16.5. The number of methoxy groups -OCH3 is 1. The second-order valence-electron chi connectivity index (χ2n) is 3.43. The van der Waals surface area contributed by atoms with Crippen molar-refractivity contribution >= 4 is 0 Å². The fraction of sp³-hybridized carbons (Fsp3) is 1.00. The van der Waals surface area contributed by atoms with Crippen molar-refractivity contribution in [1.82, 2.24) is 4.90 Å². The molecule has 0 amide bonds. The SMILES string of the molecule is COCCN(CC(C)O)C(C)C. The van der Waals surface area contributed by atoms with Crippen molar-refractivity contribution in [2.75, 3.05) is 26.8 Å². The number of hydrogen-bond donors (Lipinski definition) is 1. The normalized spacial score (nSPS) is 14.2. The van der Waals surface area contributed by atoms with Gasteiger partial charge in [0.15, 0.2) is 0 Å². The second-order valence-corrected chi connectivity index (χ2v) is 3.43. The van der Waals surface area contributed by atoms with E-state index in [0.29, 0.717) is 6.04 Å². The molecule has 0 saturated carbocycles. The molecule has 0 fully saturated rings. The van der Waals surface area contributed by atoms with E-state index in [2.05, 4.69) is 18.7 Å². The highest BCUT2D eigenvalue weighted by molar-refractivity contribution is 4.64. The van der Waals surface area contributed by atoms with Gasteiger partial charge in [0.1, 0.15) is 0 Å². The molecule has 0 rings (SSSR count). The number of ether oxygens (including phenoxy) is 1. The van der Waals surface area contributed by atoms with Crippen LogP contribution in [0.5, 0.6) is 0 Å². The van der Waals surface area contributed by atoms with Crippen molar-refractivity contribution in [1.29, 1.82) is 0 Å². The van der Waals surface area contributed by atoms with Crippen LogP contribution in [-0.2, 0) is 4.74 Å². The second kappa shape index (κ2) is 6.40. The van der Waals surface area contributed by atoms with Crippen LogP contribution < -0.4 is 0 Å². The van der Waals surface area contributed by atoms with Gasteiger partial charge in [0.25, 0.3) is 0 Å². The maximum absolute atomic E-state index is 9.19. The van der Waals surface area contributed by atoms with E-state index in [1.165, 1.54) is 0 Å². The van der Waals surface area contributed by atoms with Crippen molar-refractivity contribution in [3.8, 4) is 0 Å². The van der Waals surface area contributed by atoms with Crippen LogP contribution in [0.25, 0.3) is 0 Å². The van der Waals surface area contributed by atoms with Crippen LogP contribution in [0.2, 0.25) is 0 Å². The third-order valence-electron chi connectivity index (χ3n) is 1.81. The summed E-state index contributed by atoms with van der Waals surface area (Å²) in [4.78, 5) is 2.20. The first-order valence-corrected chi connectivity index (χ1v) is 4.49.